The first-order valence-corrected chi connectivity index (χ1v) is 9.57. The highest BCUT2D eigenvalue weighted by Gasteiger charge is 2.19. The number of hydrogen-bond acceptors (Lipinski definition) is 5. The van der Waals surface area contributed by atoms with Crippen molar-refractivity contribution in [3.05, 3.63) is 101 Å². The molecule has 0 radical (unpaired) electrons. The van der Waals surface area contributed by atoms with Crippen molar-refractivity contribution in [3.63, 3.8) is 0 Å². The SMILES string of the molecule is CC(=O)c1ccccc1OCCOC(=O)c1ccccc1C(=O)c1ccc(C)cc1. The summed E-state index contributed by atoms with van der Waals surface area (Å²) < 4.78 is 10.9. The van der Waals surface area contributed by atoms with Gasteiger partial charge < -0.3 is 9.47 Å². The maximum atomic E-state index is 12.8. The van der Waals surface area contributed by atoms with Gasteiger partial charge in [-0.2, -0.15) is 0 Å². The molecule has 0 unspecified atom stereocenters. The molecule has 0 N–H and O–H groups in total. The molecule has 0 saturated heterocycles. The second-order valence-electron chi connectivity index (χ2n) is 6.78. The molecule has 0 spiro atoms. The van der Waals surface area contributed by atoms with Crippen molar-refractivity contribution < 1.29 is 23.9 Å². The van der Waals surface area contributed by atoms with E-state index in [-0.39, 0.29) is 35.9 Å². The Hall–Kier alpha value is -3.73. The Bertz CT molecular complexity index is 1070. The highest BCUT2D eigenvalue weighted by atomic mass is 16.6. The van der Waals surface area contributed by atoms with Crippen LogP contribution in [0, 0.1) is 6.92 Å². The normalized spacial score (nSPS) is 10.3. The fourth-order valence-electron chi connectivity index (χ4n) is 2.97. The van der Waals surface area contributed by atoms with E-state index in [4.69, 9.17) is 9.47 Å². The number of para-hydroxylation sites is 1. The number of carbonyl (C=O) groups is 3. The van der Waals surface area contributed by atoms with Gasteiger partial charge in [0.15, 0.2) is 11.6 Å². The number of esters is 1. The van der Waals surface area contributed by atoms with Crippen LogP contribution in [0.1, 0.15) is 49.1 Å². The summed E-state index contributed by atoms with van der Waals surface area (Å²) in [6, 6.07) is 20.6. The lowest BCUT2D eigenvalue weighted by molar-refractivity contribution is 0.0447. The van der Waals surface area contributed by atoms with Crippen LogP contribution in [0.4, 0.5) is 0 Å². The molecule has 0 fully saturated rings. The Morgan fingerprint density at radius 3 is 2.00 bits per heavy atom. The Morgan fingerprint density at radius 2 is 1.33 bits per heavy atom. The summed E-state index contributed by atoms with van der Waals surface area (Å²) in [5.41, 5.74) is 2.51. The average Bonchev–Trinajstić information content (AvgIpc) is 2.76. The van der Waals surface area contributed by atoms with Crippen LogP contribution in [0.2, 0.25) is 0 Å². The van der Waals surface area contributed by atoms with Crippen molar-refractivity contribution in [1.82, 2.24) is 0 Å². The Kier molecular flexibility index (Phi) is 6.75. The molecular weight excluding hydrogens is 380 g/mol. The van der Waals surface area contributed by atoms with Gasteiger partial charge in [-0.3, -0.25) is 9.59 Å². The van der Waals surface area contributed by atoms with E-state index < -0.39 is 5.97 Å². The molecule has 0 aliphatic carbocycles. The number of benzene rings is 3. The van der Waals surface area contributed by atoms with Gasteiger partial charge >= 0.3 is 5.97 Å². The summed E-state index contributed by atoms with van der Waals surface area (Å²) in [5, 5.41) is 0. The number of carbonyl (C=O) groups excluding carboxylic acids is 3. The minimum absolute atomic E-state index is 0.0157. The molecule has 0 amide bonds. The van der Waals surface area contributed by atoms with Gasteiger partial charge in [0.05, 0.1) is 11.1 Å². The molecule has 0 heterocycles. The lowest BCUT2D eigenvalue weighted by Crippen LogP contribution is -2.16. The summed E-state index contributed by atoms with van der Waals surface area (Å²) in [6.07, 6.45) is 0. The van der Waals surface area contributed by atoms with Gasteiger partial charge in [-0.15, -0.1) is 0 Å². The molecule has 0 aliphatic heterocycles. The van der Waals surface area contributed by atoms with E-state index in [0.717, 1.165) is 5.56 Å². The maximum absolute atomic E-state index is 12.8. The van der Waals surface area contributed by atoms with E-state index in [2.05, 4.69) is 0 Å². The minimum Gasteiger partial charge on any atom is -0.489 e. The first-order chi connectivity index (χ1) is 14.5. The monoisotopic (exact) mass is 402 g/mol. The van der Waals surface area contributed by atoms with Crippen LogP contribution in [-0.4, -0.2) is 30.7 Å². The van der Waals surface area contributed by atoms with Gasteiger partial charge in [-0.05, 0) is 32.0 Å². The first-order valence-electron chi connectivity index (χ1n) is 9.57. The van der Waals surface area contributed by atoms with Crippen molar-refractivity contribution in [1.29, 1.82) is 0 Å². The minimum atomic E-state index is -0.602. The quantitative estimate of drug-likeness (QED) is 0.311. The molecule has 3 rings (SSSR count). The summed E-state index contributed by atoms with van der Waals surface area (Å²) in [6.45, 7) is 3.48. The summed E-state index contributed by atoms with van der Waals surface area (Å²) in [5.74, 6) is -0.508. The number of hydrogen-bond donors (Lipinski definition) is 0. The molecule has 0 aromatic heterocycles. The highest BCUT2D eigenvalue weighted by Crippen LogP contribution is 2.19. The number of aryl methyl sites for hydroxylation is 1. The van der Waals surface area contributed by atoms with E-state index in [1.165, 1.54) is 6.92 Å². The maximum Gasteiger partial charge on any atom is 0.339 e. The molecule has 5 nitrogen and oxygen atoms in total. The van der Waals surface area contributed by atoms with Crippen LogP contribution in [0.15, 0.2) is 72.8 Å². The summed E-state index contributed by atoms with van der Waals surface area (Å²) >= 11 is 0. The smallest absolute Gasteiger partial charge is 0.339 e. The molecule has 152 valence electrons. The van der Waals surface area contributed by atoms with E-state index >= 15 is 0 Å². The molecule has 3 aromatic rings. The van der Waals surface area contributed by atoms with Gasteiger partial charge in [0.2, 0.25) is 0 Å². The molecule has 0 aliphatic rings. The molecule has 30 heavy (non-hydrogen) atoms. The Morgan fingerprint density at radius 1 is 0.733 bits per heavy atom. The Labute approximate surface area is 175 Å². The van der Waals surface area contributed by atoms with Crippen molar-refractivity contribution in [3.8, 4) is 5.75 Å². The van der Waals surface area contributed by atoms with E-state index in [0.29, 0.717) is 16.9 Å². The molecule has 0 atom stereocenters. The van der Waals surface area contributed by atoms with Crippen LogP contribution in [0.25, 0.3) is 0 Å². The van der Waals surface area contributed by atoms with Crippen molar-refractivity contribution in [2.45, 2.75) is 13.8 Å². The fraction of sp³-hybridized carbons (Fsp3) is 0.160. The molecule has 3 aromatic carbocycles. The zero-order chi connectivity index (χ0) is 21.5. The second kappa shape index (κ2) is 9.65. The van der Waals surface area contributed by atoms with Crippen LogP contribution < -0.4 is 4.74 Å². The standard InChI is InChI=1S/C25H22O5/c1-17-11-13-19(14-12-17)24(27)21-8-3-4-9-22(21)25(28)30-16-15-29-23-10-6-5-7-20(23)18(2)26/h3-14H,15-16H2,1-2H3. The number of ketones is 2. The van der Waals surface area contributed by atoms with Gasteiger partial charge in [-0.1, -0.05) is 60.2 Å². The molecular formula is C25H22O5. The molecule has 5 heteroatoms. The highest BCUT2D eigenvalue weighted by molar-refractivity contribution is 6.14. The van der Waals surface area contributed by atoms with Crippen molar-refractivity contribution in [2.24, 2.45) is 0 Å². The zero-order valence-corrected chi connectivity index (χ0v) is 16.9. The third-order valence-electron chi connectivity index (χ3n) is 4.55. The zero-order valence-electron chi connectivity index (χ0n) is 16.9. The lowest BCUT2D eigenvalue weighted by atomic mass is 9.98. The van der Waals surface area contributed by atoms with Crippen LogP contribution >= 0.6 is 0 Å². The predicted octanol–water partition coefficient (Wildman–Crippen LogP) is 4.66. The average molecular weight is 402 g/mol. The Balaban J connectivity index is 1.65. The van der Waals surface area contributed by atoms with Gasteiger partial charge in [0.1, 0.15) is 19.0 Å². The third kappa shape index (κ3) is 5.00. The second-order valence-corrected chi connectivity index (χ2v) is 6.78. The van der Waals surface area contributed by atoms with Crippen molar-refractivity contribution in [2.75, 3.05) is 13.2 Å². The molecule has 0 bridgehead atoms. The third-order valence-corrected chi connectivity index (χ3v) is 4.55. The van der Waals surface area contributed by atoms with Gasteiger partial charge in [0, 0.05) is 11.1 Å². The summed E-state index contributed by atoms with van der Waals surface area (Å²) in [4.78, 5) is 37.0. The number of Topliss-reactive ketones (excluding diaryl/α,β-unsaturated/α-hetero) is 1. The number of rotatable bonds is 8. The van der Waals surface area contributed by atoms with Crippen LogP contribution in [-0.2, 0) is 4.74 Å². The largest absolute Gasteiger partial charge is 0.489 e. The topological polar surface area (TPSA) is 69.7 Å². The predicted molar refractivity (Wildman–Crippen MR) is 113 cm³/mol. The van der Waals surface area contributed by atoms with Gasteiger partial charge in [0.25, 0.3) is 0 Å². The van der Waals surface area contributed by atoms with E-state index in [1.807, 2.05) is 19.1 Å². The van der Waals surface area contributed by atoms with Crippen molar-refractivity contribution >= 4 is 17.5 Å². The van der Waals surface area contributed by atoms with Crippen LogP contribution in [0.5, 0.6) is 5.75 Å². The molecule has 0 saturated carbocycles. The number of ether oxygens (including phenoxy) is 2. The van der Waals surface area contributed by atoms with Gasteiger partial charge in [-0.25, -0.2) is 4.79 Å². The lowest BCUT2D eigenvalue weighted by Gasteiger charge is -2.11. The van der Waals surface area contributed by atoms with Crippen LogP contribution in [0.3, 0.4) is 0 Å². The summed E-state index contributed by atoms with van der Waals surface area (Å²) in [7, 11) is 0. The fourth-order valence-corrected chi connectivity index (χ4v) is 2.97. The van der Waals surface area contributed by atoms with E-state index in [9.17, 15) is 14.4 Å². The van der Waals surface area contributed by atoms with E-state index in [1.54, 1.807) is 60.7 Å². The first kappa shape index (κ1) is 21.0.